The van der Waals surface area contributed by atoms with Gasteiger partial charge >= 0.3 is 0 Å². The van der Waals surface area contributed by atoms with Crippen molar-refractivity contribution in [2.45, 2.75) is 4.90 Å². The Kier molecular flexibility index (Phi) is 3.03. The number of hydrogen-bond donors (Lipinski definition) is 1. The molecule has 0 radical (unpaired) electrons. The van der Waals surface area contributed by atoms with Gasteiger partial charge < -0.3 is 0 Å². The van der Waals surface area contributed by atoms with Crippen LogP contribution in [-0.2, 0) is 10.0 Å². The highest BCUT2D eigenvalue weighted by Crippen LogP contribution is 2.21. The fourth-order valence-electron chi connectivity index (χ4n) is 1.12. The van der Waals surface area contributed by atoms with Gasteiger partial charge in [-0.2, -0.15) is 0 Å². The molecule has 0 saturated heterocycles. The molecule has 0 fully saturated rings. The summed E-state index contributed by atoms with van der Waals surface area (Å²) < 4.78 is 51.9. The first-order valence-electron chi connectivity index (χ1n) is 4.24. The summed E-state index contributed by atoms with van der Waals surface area (Å²) in [5, 5.41) is 6.76. The van der Waals surface area contributed by atoms with Crippen molar-refractivity contribution in [2.75, 3.05) is 4.72 Å². The van der Waals surface area contributed by atoms with E-state index in [-0.39, 0.29) is 5.13 Å². The van der Waals surface area contributed by atoms with Crippen molar-refractivity contribution in [1.29, 1.82) is 0 Å². The normalized spacial score (nSPS) is 11.4. The highest BCUT2D eigenvalue weighted by Gasteiger charge is 2.24. The molecule has 0 amide bonds. The van der Waals surface area contributed by atoms with Crippen molar-refractivity contribution < 1.29 is 17.2 Å². The lowest BCUT2D eigenvalue weighted by molar-refractivity contribution is 0.521. The molecule has 9 heteroatoms. The summed E-state index contributed by atoms with van der Waals surface area (Å²) in [4.78, 5) is -1.03. The van der Waals surface area contributed by atoms with Crippen LogP contribution in [0.4, 0.5) is 13.9 Å². The van der Waals surface area contributed by atoms with Crippen LogP contribution >= 0.6 is 11.3 Å². The first-order valence-corrected chi connectivity index (χ1v) is 6.60. The highest BCUT2D eigenvalue weighted by atomic mass is 32.2. The van der Waals surface area contributed by atoms with Gasteiger partial charge in [-0.25, -0.2) is 17.2 Å². The fraction of sp³-hybridized carbons (Fsp3) is 0. The average molecular weight is 277 g/mol. The first-order chi connectivity index (χ1) is 8.00. The topological polar surface area (TPSA) is 72.0 Å². The summed E-state index contributed by atoms with van der Waals surface area (Å²) in [5.74, 6) is -2.33. The van der Waals surface area contributed by atoms with Crippen LogP contribution in [0.15, 0.2) is 28.6 Å². The SMILES string of the molecule is O=S(=O)(Nc1nncs1)c1c(F)cccc1F. The van der Waals surface area contributed by atoms with Gasteiger partial charge in [-0.05, 0) is 12.1 Å². The molecule has 0 saturated carbocycles. The van der Waals surface area contributed by atoms with E-state index in [2.05, 4.69) is 10.2 Å². The van der Waals surface area contributed by atoms with E-state index in [0.717, 1.165) is 29.5 Å². The van der Waals surface area contributed by atoms with Crippen LogP contribution in [0.3, 0.4) is 0 Å². The van der Waals surface area contributed by atoms with Gasteiger partial charge in [0, 0.05) is 0 Å². The minimum atomic E-state index is -4.34. The van der Waals surface area contributed by atoms with Gasteiger partial charge in [0.05, 0.1) is 0 Å². The molecule has 17 heavy (non-hydrogen) atoms. The Morgan fingerprint density at radius 3 is 2.41 bits per heavy atom. The Hall–Kier alpha value is -1.61. The van der Waals surface area contributed by atoms with Crippen molar-refractivity contribution >= 4 is 26.5 Å². The number of hydrogen-bond acceptors (Lipinski definition) is 5. The summed E-state index contributed by atoms with van der Waals surface area (Å²) in [5.41, 5.74) is 1.29. The minimum Gasteiger partial charge on any atom is -0.253 e. The molecule has 0 atom stereocenters. The third-order valence-corrected chi connectivity index (χ3v) is 3.89. The monoisotopic (exact) mass is 277 g/mol. The number of benzene rings is 1. The van der Waals surface area contributed by atoms with Crippen LogP contribution in [-0.4, -0.2) is 18.6 Å². The van der Waals surface area contributed by atoms with Gasteiger partial charge in [-0.1, -0.05) is 17.4 Å². The van der Waals surface area contributed by atoms with Crippen LogP contribution in [0.1, 0.15) is 0 Å². The zero-order chi connectivity index (χ0) is 12.5. The number of anilines is 1. The molecule has 1 N–H and O–H groups in total. The van der Waals surface area contributed by atoms with E-state index in [1.165, 1.54) is 5.51 Å². The largest absolute Gasteiger partial charge is 0.269 e. The van der Waals surface area contributed by atoms with Gasteiger partial charge in [0.15, 0.2) is 4.90 Å². The van der Waals surface area contributed by atoms with Crippen molar-refractivity contribution in [3.8, 4) is 0 Å². The first kappa shape index (κ1) is 11.9. The number of sulfonamides is 1. The molecule has 0 aliphatic carbocycles. The lowest BCUT2D eigenvalue weighted by atomic mass is 10.3. The summed E-state index contributed by atoms with van der Waals surface area (Å²) >= 11 is 0.899. The zero-order valence-electron chi connectivity index (χ0n) is 8.09. The summed E-state index contributed by atoms with van der Waals surface area (Å²) in [6.07, 6.45) is 0. The van der Waals surface area contributed by atoms with E-state index < -0.39 is 26.6 Å². The molecule has 90 valence electrons. The molecule has 0 spiro atoms. The van der Waals surface area contributed by atoms with E-state index in [1.807, 2.05) is 4.72 Å². The molecule has 1 aromatic carbocycles. The molecule has 2 rings (SSSR count). The van der Waals surface area contributed by atoms with Gasteiger partial charge in [-0.3, -0.25) is 4.72 Å². The lowest BCUT2D eigenvalue weighted by Crippen LogP contribution is -2.16. The molecular weight excluding hydrogens is 272 g/mol. The average Bonchev–Trinajstić information content (AvgIpc) is 2.68. The second kappa shape index (κ2) is 4.34. The van der Waals surface area contributed by atoms with E-state index in [9.17, 15) is 17.2 Å². The standard InChI is InChI=1S/C8H5F2N3O2S2/c9-5-2-1-3-6(10)7(5)17(14,15)13-8-12-11-4-16-8/h1-4H,(H,12,13). The van der Waals surface area contributed by atoms with Crippen molar-refractivity contribution in [2.24, 2.45) is 0 Å². The summed E-state index contributed by atoms with van der Waals surface area (Å²) in [6.45, 7) is 0. The highest BCUT2D eigenvalue weighted by molar-refractivity contribution is 7.93. The Labute approximate surface area is 99.2 Å². The van der Waals surface area contributed by atoms with Crippen LogP contribution < -0.4 is 4.72 Å². The van der Waals surface area contributed by atoms with E-state index in [1.54, 1.807) is 0 Å². The summed E-state index contributed by atoms with van der Waals surface area (Å²) in [6, 6.07) is 2.80. The summed E-state index contributed by atoms with van der Waals surface area (Å²) in [7, 11) is -4.34. The maximum Gasteiger partial charge on any atom is 0.269 e. The molecule has 2 aromatic rings. The lowest BCUT2D eigenvalue weighted by Gasteiger charge is -2.06. The third-order valence-electron chi connectivity index (χ3n) is 1.77. The number of halogens is 2. The predicted octanol–water partition coefficient (Wildman–Crippen LogP) is 1.62. The Balaban J connectivity index is 2.45. The second-order valence-electron chi connectivity index (χ2n) is 2.90. The predicted molar refractivity (Wildman–Crippen MR) is 57.1 cm³/mol. The Bertz CT molecular complexity index is 608. The van der Waals surface area contributed by atoms with Crippen LogP contribution in [0.5, 0.6) is 0 Å². The van der Waals surface area contributed by atoms with Gasteiger partial charge in [0.25, 0.3) is 10.0 Å². The second-order valence-corrected chi connectivity index (χ2v) is 5.35. The quantitative estimate of drug-likeness (QED) is 0.925. The molecule has 1 heterocycles. The maximum atomic E-state index is 13.3. The van der Waals surface area contributed by atoms with Gasteiger partial charge in [0.1, 0.15) is 17.1 Å². The van der Waals surface area contributed by atoms with Crippen LogP contribution in [0, 0.1) is 11.6 Å². The molecular formula is C8H5F2N3O2S2. The van der Waals surface area contributed by atoms with Crippen molar-refractivity contribution in [3.63, 3.8) is 0 Å². The maximum absolute atomic E-state index is 13.3. The van der Waals surface area contributed by atoms with Crippen molar-refractivity contribution in [1.82, 2.24) is 10.2 Å². The van der Waals surface area contributed by atoms with Crippen LogP contribution in [0.2, 0.25) is 0 Å². The third kappa shape index (κ3) is 2.39. The molecule has 5 nitrogen and oxygen atoms in total. The Morgan fingerprint density at radius 1 is 1.24 bits per heavy atom. The van der Waals surface area contributed by atoms with E-state index in [4.69, 9.17) is 0 Å². The number of nitrogens with one attached hydrogen (secondary N) is 1. The van der Waals surface area contributed by atoms with Crippen LogP contribution in [0.25, 0.3) is 0 Å². The smallest absolute Gasteiger partial charge is 0.253 e. The number of nitrogens with zero attached hydrogens (tertiary/aromatic N) is 2. The number of rotatable bonds is 3. The molecule has 0 aliphatic rings. The molecule has 1 aromatic heterocycles. The molecule has 0 bridgehead atoms. The minimum absolute atomic E-state index is 0.0624. The Morgan fingerprint density at radius 2 is 1.88 bits per heavy atom. The fourth-order valence-corrected chi connectivity index (χ4v) is 2.96. The molecule has 0 aliphatic heterocycles. The van der Waals surface area contributed by atoms with Crippen molar-refractivity contribution in [3.05, 3.63) is 35.3 Å². The van der Waals surface area contributed by atoms with E-state index >= 15 is 0 Å². The van der Waals surface area contributed by atoms with Gasteiger partial charge in [-0.15, -0.1) is 10.2 Å². The molecule has 0 unspecified atom stereocenters. The van der Waals surface area contributed by atoms with Gasteiger partial charge in [0.2, 0.25) is 5.13 Å². The van der Waals surface area contributed by atoms with E-state index in [0.29, 0.717) is 0 Å². The number of aromatic nitrogens is 2. The zero-order valence-corrected chi connectivity index (χ0v) is 9.73.